The van der Waals surface area contributed by atoms with Crippen LogP contribution in [0, 0.1) is 13.8 Å². The summed E-state index contributed by atoms with van der Waals surface area (Å²) in [5, 5.41) is 3.65. The molecular weight excluding hydrogens is 228 g/mol. The molecule has 1 heterocycles. The average Bonchev–Trinajstić information content (AvgIpc) is 2.81. The Hall–Kier alpha value is -1.81. The highest BCUT2D eigenvalue weighted by molar-refractivity contribution is 5.43. The number of benzene rings is 1. The Morgan fingerprint density at radius 1 is 1.22 bits per heavy atom. The molecule has 0 radical (unpaired) electrons. The molecule has 0 fully saturated rings. The number of nitrogens with two attached hydrogens (primary N) is 1. The summed E-state index contributed by atoms with van der Waals surface area (Å²) in [5.74, 6) is 0.928. The second-order valence-corrected chi connectivity index (χ2v) is 4.42. The molecule has 4 heteroatoms. The Kier molecular flexibility index (Phi) is 3.99. The minimum atomic E-state index is 0.474. The maximum atomic E-state index is 5.81. The van der Waals surface area contributed by atoms with Gasteiger partial charge in [0.2, 0.25) is 0 Å². The molecule has 0 aliphatic heterocycles. The fourth-order valence-corrected chi connectivity index (χ4v) is 2.03. The SMILES string of the molecule is Cc1cc(CCN)cc(C)c1OCc1cnoc1. The van der Waals surface area contributed by atoms with Crippen molar-refractivity contribution in [3.8, 4) is 5.75 Å². The Balaban J connectivity index is 2.12. The Bertz CT molecular complexity index is 484. The predicted octanol–water partition coefficient (Wildman–Crippen LogP) is 2.37. The molecule has 0 spiro atoms. The third-order valence-electron chi connectivity index (χ3n) is 2.82. The van der Waals surface area contributed by atoms with Gasteiger partial charge in [-0.1, -0.05) is 17.3 Å². The van der Waals surface area contributed by atoms with Crippen LogP contribution in [0.15, 0.2) is 29.1 Å². The molecule has 1 aromatic heterocycles. The van der Waals surface area contributed by atoms with Gasteiger partial charge in [-0.05, 0) is 43.5 Å². The standard InChI is InChI=1S/C14H18N2O2/c1-10-5-12(3-4-15)6-11(2)14(10)17-8-13-7-16-18-9-13/h5-7,9H,3-4,8,15H2,1-2H3. The molecule has 1 aromatic carbocycles. The number of hydrogen-bond acceptors (Lipinski definition) is 4. The number of nitrogens with zero attached hydrogens (tertiary/aromatic N) is 1. The molecule has 96 valence electrons. The van der Waals surface area contributed by atoms with Crippen LogP contribution in [-0.4, -0.2) is 11.7 Å². The van der Waals surface area contributed by atoms with Crippen molar-refractivity contribution in [2.45, 2.75) is 26.9 Å². The van der Waals surface area contributed by atoms with E-state index >= 15 is 0 Å². The van der Waals surface area contributed by atoms with Gasteiger partial charge in [-0.3, -0.25) is 0 Å². The summed E-state index contributed by atoms with van der Waals surface area (Å²) in [4.78, 5) is 0. The lowest BCUT2D eigenvalue weighted by Gasteiger charge is -2.13. The zero-order valence-corrected chi connectivity index (χ0v) is 10.8. The monoisotopic (exact) mass is 246 g/mol. The van der Waals surface area contributed by atoms with Gasteiger partial charge in [0.25, 0.3) is 0 Å². The van der Waals surface area contributed by atoms with Crippen LogP contribution in [0.4, 0.5) is 0 Å². The van der Waals surface area contributed by atoms with Crippen LogP contribution in [-0.2, 0) is 13.0 Å². The van der Waals surface area contributed by atoms with Crippen molar-refractivity contribution in [2.75, 3.05) is 6.54 Å². The third-order valence-corrected chi connectivity index (χ3v) is 2.82. The molecule has 0 atom stereocenters. The van der Waals surface area contributed by atoms with Crippen LogP contribution < -0.4 is 10.5 Å². The molecular formula is C14H18N2O2. The van der Waals surface area contributed by atoms with E-state index < -0.39 is 0 Å². The first-order valence-corrected chi connectivity index (χ1v) is 6.02. The van der Waals surface area contributed by atoms with Crippen molar-refractivity contribution in [3.05, 3.63) is 46.8 Å². The van der Waals surface area contributed by atoms with E-state index in [0.717, 1.165) is 28.9 Å². The highest BCUT2D eigenvalue weighted by Gasteiger charge is 2.07. The number of aromatic nitrogens is 1. The molecule has 0 unspecified atom stereocenters. The summed E-state index contributed by atoms with van der Waals surface area (Å²) in [6.45, 7) is 5.24. The number of aryl methyl sites for hydroxylation is 2. The van der Waals surface area contributed by atoms with E-state index in [4.69, 9.17) is 15.0 Å². The summed E-state index contributed by atoms with van der Waals surface area (Å²) < 4.78 is 10.6. The van der Waals surface area contributed by atoms with Crippen molar-refractivity contribution < 1.29 is 9.26 Å². The normalized spacial score (nSPS) is 10.6. The molecule has 0 aliphatic rings. The summed E-state index contributed by atoms with van der Waals surface area (Å²) in [7, 11) is 0. The summed E-state index contributed by atoms with van der Waals surface area (Å²) in [6.07, 6.45) is 4.15. The average molecular weight is 246 g/mol. The first kappa shape index (κ1) is 12.6. The van der Waals surface area contributed by atoms with Crippen LogP contribution in [0.2, 0.25) is 0 Å². The molecule has 0 amide bonds. The van der Waals surface area contributed by atoms with Crippen LogP contribution in [0.5, 0.6) is 5.75 Å². The van der Waals surface area contributed by atoms with Gasteiger partial charge in [0.1, 0.15) is 18.6 Å². The maximum absolute atomic E-state index is 5.81. The minimum absolute atomic E-state index is 0.474. The lowest BCUT2D eigenvalue weighted by Crippen LogP contribution is -2.04. The second-order valence-electron chi connectivity index (χ2n) is 4.42. The number of rotatable bonds is 5. The zero-order valence-electron chi connectivity index (χ0n) is 10.8. The Morgan fingerprint density at radius 2 is 1.94 bits per heavy atom. The van der Waals surface area contributed by atoms with Crippen molar-refractivity contribution in [2.24, 2.45) is 5.73 Å². The first-order valence-electron chi connectivity index (χ1n) is 6.02. The molecule has 2 aromatic rings. The van der Waals surface area contributed by atoms with Crippen molar-refractivity contribution in [1.29, 1.82) is 0 Å². The van der Waals surface area contributed by atoms with E-state index in [1.807, 2.05) is 0 Å². The van der Waals surface area contributed by atoms with E-state index in [-0.39, 0.29) is 0 Å². The highest BCUT2D eigenvalue weighted by atomic mass is 16.5. The van der Waals surface area contributed by atoms with Gasteiger partial charge >= 0.3 is 0 Å². The number of hydrogen-bond donors (Lipinski definition) is 1. The summed E-state index contributed by atoms with van der Waals surface area (Å²) in [5.41, 5.74) is 10.0. The third kappa shape index (κ3) is 2.90. The van der Waals surface area contributed by atoms with Gasteiger partial charge in [-0.25, -0.2) is 0 Å². The Morgan fingerprint density at radius 3 is 2.50 bits per heavy atom. The summed E-state index contributed by atoms with van der Waals surface area (Å²) >= 11 is 0. The molecule has 18 heavy (non-hydrogen) atoms. The number of ether oxygens (including phenoxy) is 1. The molecule has 4 nitrogen and oxygen atoms in total. The van der Waals surface area contributed by atoms with Crippen LogP contribution in [0.3, 0.4) is 0 Å². The van der Waals surface area contributed by atoms with Gasteiger partial charge in [0.05, 0.1) is 6.20 Å². The van der Waals surface area contributed by atoms with Crippen molar-refractivity contribution >= 4 is 0 Å². The first-order chi connectivity index (χ1) is 8.70. The van der Waals surface area contributed by atoms with E-state index in [0.29, 0.717) is 13.2 Å². The van der Waals surface area contributed by atoms with E-state index in [2.05, 4.69) is 31.1 Å². The molecule has 0 saturated carbocycles. The minimum Gasteiger partial charge on any atom is -0.488 e. The molecule has 0 aliphatic carbocycles. The van der Waals surface area contributed by atoms with Gasteiger partial charge < -0.3 is 15.0 Å². The zero-order chi connectivity index (χ0) is 13.0. The quantitative estimate of drug-likeness (QED) is 0.879. The van der Waals surface area contributed by atoms with Gasteiger partial charge in [0.15, 0.2) is 0 Å². The van der Waals surface area contributed by atoms with Crippen molar-refractivity contribution in [1.82, 2.24) is 5.16 Å². The smallest absolute Gasteiger partial charge is 0.130 e. The van der Waals surface area contributed by atoms with Crippen LogP contribution in [0.1, 0.15) is 22.3 Å². The lowest BCUT2D eigenvalue weighted by atomic mass is 10.0. The van der Waals surface area contributed by atoms with Crippen LogP contribution >= 0.6 is 0 Å². The van der Waals surface area contributed by atoms with E-state index in [1.165, 1.54) is 5.56 Å². The van der Waals surface area contributed by atoms with Gasteiger partial charge in [0, 0.05) is 5.56 Å². The van der Waals surface area contributed by atoms with E-state index in [1.54, 1.807) is 12.5 Å². The Labute approximate surface area is 107 Å². The molecule has 2 N–H and O–H groups in total. The van der Waals surface area contributed by atoms with E-state index in [9.17, 15) is 0 Å². The molecule has 0 saturated heterocycles. The lowest BCUT2D eigenvalue weighted by molar-refractivity contribution is 0.300. The summed E-state index contributed by atoms with van der Waals surface area (Å²) in [6, 6.07) is 4.26. The topological polar surface area (TPSA) is 61.3 Å². The highest BCUT2D eigenvalue weighted by Crippen LogP contribution is 2.25. The fourth-order valence-electron chi connectivity index (χ4n) is 2.03. The fraction of sp³-hybridized carbons (Fsp3) is 0.357. The molecule has 2 rings (SSSR count). The van der Waals surface area contributed by atoms with Gasteiger partial charge in [-0.15, -0.1) is 0 Å². The predicted molar refractivity (Wildman–Crippen MR) is 69.5 cm³/mol. The van der Waals surface area contributed by atoms with Gasteiger partial charge in [-0.2, -0.15) is 0 Å². The largest absolute Gasteiger partial charge is 0.488 e. The second kappa shape index (κ2) is 5.69. The van der Waals surface area contributed by atoms with Crippen LogP contribution in [0.25, 0.3) is 0 Å². The maximum Gasteiger partial charge on any atom is 0.130 e. The van der Waals surface area contributed by atoms with Crippen molar-refractivity contribution in [3.63, 3.8) is 0 Å². The molecule has 0 bridgehead atoms.